The smallest absolute Gasteiger partial charge is 0.0934 e. The first-order valence-corrected chi connectivity index (χ1v) is 6.57. The van der Waals surface area contributed by atoms with Crippen LogP contribution in [0.5, 0.6) is 0 Å². The van der Waals surface area contributed by atoms with E-state index in [1.54, 1.807) is 11.3 Å². The van der Waals surface area contributed by atoms with Crippen molar-refractivity contribution in [3.63, 3.8) is 0 Å². The largest absolute Gasteiger partial charge is 0.324 e. The Bertz CT molecular complexity index is 532. The number of thiophene rings is 1. The van der Waals surface area contributed by atoms with Crippen LogP contribution in [0.4, 0.5) is 0 Å². The molecule has 1 aromatic carbocycles. The van der Waals surface area contributed by atoms with Crippen molar-refractivity contribution in [3.05, 3.63) is 45.8 Å². The van der Waals surface area contributed by atoms with Gasteiger partial charge in [-0.25, -0.2) is 0 Å². The first-order valence-electron chi connectivity index (χ1n) is 5.38. The summed E-state index contributed by atoms with van der Waals surface area (Å²) in [6, 6.07) is 10.8. The number of aryl methyl sites for hydroxylation is 1. The van der Waals surface area contributed by atoms with Gasteiger partial charge in [-0.3, -0.25) is 0 Å². The summed E-state index contributed by atoms with van der Waals surface area (Å²) in [4.78, 5) is 1.23. The molecule has 1 aliphatic rings. The number of rotatable bonds is 1. The number of fused-ring (bicyclic) bond motifs is 1. The van der Waals surface area contributed by atoms with Gasteiger partial charge in [0.05, 0.1) is 4.34 Å². The molecule has 2 N–H and O–H groups in total. The predicted molar refractivity (Wildman–Crippen MR) is 70.0 cm³/mol. The molecule has 82 valence electrons. The summed E-state index contributed by atoms with van der Waals surface area (Å²) in [5, 5.41) is 0. The van der Waals surface area contributed by atoms with Crippen LogP contribution < -0.4 is 5.73 Å². The summed E-state index contributed by atoms with van der Waals surface area (Å²) in [7, 11) is 0. The van der Waals surface area contributed by atoms with E-state index in [0.717, 1.165) is 17.2 Å². The maximum atomic E-state index is 6.02. The molecule has 0 spiro atoms. The van der Waals surface area contributed by atoms with Gasteiger partial charge in [0.25, 0.3) is 0 Å². The van der Waals surface area contributed by atoms with Crippen molar-refractivity contribution in [2.75, 3.05) is 0 Å². The highest BCUT2D eigenvalue weighted by molar-refractivity contribution is 7.19. The van der Waals surface area contributed by atoms with E-state index < -0.39 is 0 Å². The molecule has 1 heterocycles. The van der Waals surface area contributed by atoms with Crippen LogP contribution >= 0.6 is 22.9 Å². The van der Waals surface area contributed by atoms with Crippen LogP contribution in [-0.4, -0.2) is 0 Å². The fourth-order valence-corrected chi connectivity index (χ4v) is 3.31. The van der Waals surface area contributed by atoms with Gasteiger partial charge in [-0.15, -0.1) is 11.3 Å². The van der Waals surface area contributed by atoms with E-state index in [2.05, 4.69) is 24.3 Å². The van der Waals surface area contributed by atoms with E-state index in [1.807, 2.05) is 6.07 Å². The van der Waals surface area contributed by atoms with Crippen LogP contribution in [-0.2, 0) is 6.42 Å². The van der Waals surface area contributed by atoms with Crippen LogP contribution in [0.25, 0.3) is 10.4 Å². The fraction of sp³-hybridized carbons (Fsp3) is 0.231. The zero-order chi connectivity index (χ0) is 11.1. The van der Waals surface area contributed by atoms with Gasteiger partial charge < -0.3 is 5.73 Å². The minimum absolute atomic E-state index is 0.232. The fourth-order valence-electron chi connectivity index (χ4n) is 2.27. The Morgan fingerprint density at radius 1 is 1.25 bits per heavy atom. The van der Waals surface area contributed by atoms with Crippen molar-refractivity contribution in [2.45, 2.75) is 18.9 Å². The summed E-state index contributed by atoms with van der Waals surface area (Å²) in [5.74, 6) is 0. The molecule has 1 aromatic heterocycles. The predicted octanol–water partition coefficient (Wildman–Crippen LogP) is 4.01. The van der Waals surface area contributed by atoms with Crippen molar-refractivity contribution in [3.8, 4) is 10.4 Å². The van der Waals surface area contributed by atoms with Gasteiger partial charge >= 0.3 is 0 Å². The Balaban J connectivity index is 2.05. The van der Waals surface area contributed by atoms with Crippen LogP contribution in [0.3, 0.4) is 0 Å². The molecule has 0 radical (unpaired) electrons. The highest BCUT2D eigenvalue weighted by Gasteiger charge is 2.19. The Morgan fingerprint density at radius 2 is 2.12 bits per heavy atom. The molecule has 1 unspecified atom stereocenters. The van der Waals surface area contributed by atoms with Gasteiger partial charge in [0.2, 0.25) is 0 Å². The van der Waals surface area contributed by atoms with E-state index >= 15 is 0 Å². The highest BCUT2D eigenvalue weighted by Crippen LogP contribution is 2.36. The normalized spacial score (nSPS) is 18.8. The van der Waals surface area contributed by atoms with Gasteiger partial charge in [0.1, 0.15) is 0 Å². The first kappa shape index (κ1) is 10.3. The van der Waals surface area contributed by atoms with E-state index in [4.69, 9.17) is 17.3 Å². The van der Waals surface area contributed by atoms with E-state index in [0.29, 0.717) is 0 Å². The Kier molecular flexibility index (Phi) is 2.51. The monoisotopic (exact) mass is 249 g/mol. The Labute approximate surface area is 104 Å². The molecule has 0 saturated heterocycles. The minimum Gasteiger partial charge on any atom is -0.324 e. The van der Waals surface area contributed by atoms with E-state index in [-0.39, 0.29) is 6.04 Å². The second-order valence-electron chi connectivity index (χ2n) is 4.16. The molecule has 2 aromatic rings. The molecular formula is C13H12ClNS. The molecule has 3 heteroatoms. The van der Waals surface area contributed by atoms with Gasteiger partial charge in [0, 0.05) is 10.9 Å². The van der Waals surface area contributed by atoms with Crippen LogP contribution in [0.2, 0.25) is 4.34 Å². The summed E-state index contributed by atoms with van der Waals surface area (Å²) in [6.07, 6.45) is 2.17. The molecular weight excluding hydrogens is 238 g/mol. The number of halogens is 1. The molecule has 1 nitrogen and oxygen atoms in total. The third-order valence-corrected chi connectivity index (χ3v) is 4.41. The zero-order valence-corrected chi connectivity index (χ0v) is 10.3. The standard InChI is InChI=1S/C13H12ClNS/c14-13-6-5-12(16-13)9-1-3-10-8(7-9)2-4-11(10)15/h1,3,5-7,11H,2,4,15H2. The number of hydrogen-bond acceptors (Lipinski definition) is 2. The molecule has 1 atom stereocenters. The lowest BCUT2D eigenvalue weighted by molar-refractivity contribution is 0.713. The van der Waals surface area contributed by atoms with Crippen LogP contribution in [0.15, 0.2) is 30.3 Å². The molecule has 0 fully saturated rings. The molecule has 0 bridgehead atoms. The van der Waals surface area contributed by atoms with Crippen molar-refractivity contribution in [1.29, 1.82) is 0 Å². The Morgan fingerprint density at radius 3 is 2.88 bits per heavy atom. The minimum atomic E-state index is 0.232. The average Bonchev–Trinajstić information content (AvgIpc) is 2.86. The Hall–Kier alpha value is -0.830. The third-order valence-electron chi connectivity index (χ3n) is 3.12. The third kappa shape index (κ3) is 1.67. The molecule has 16 heavy (non-hydrogen) atoms. The zero-order valence-electron chi connectivity index (χ0n) is 8.74. The van der Waals surface area contributed by atoms with Crippen molar-refractivity contribution < 1.29 is 0 Å². The van der Waals surface area contributed by atoms with Crippen molar-refractivity contribution >= 4 is 22.9 Å². The van der Waals surface area contributed by atoms with Crippen molar-refractivity contribution in [1.82, 2.24) is 0 Å². The van der Waals surface area contributed by atoms with E-state index in [9.17, 15) is 0 Å². The summed E-state index contributed by atoms with van der Waals surface area (Å²) >= 11 is 7.57. The maximum Gasteiger partial charge on any atom is 0.0934 e. The van der Waals surface area contributed by atoms with Crippen LogP contribution in [0.1, 0.15) is 23.6 Å². The average molecular weight is 250 g/mol. The number of benzene rings is 1. The molecule has 0 aliphatic heterocycles. The lowest BCUT2D eigenvalue weighted by atomic mass is 10.0. The summed E-state index contributed by atoms with van der Waals surface area (Å²) in [5.41, 5.74) is 9.98. The molecule has 1 aliphatic carbocycles. The highest BCUT2D eigenvalue weighted by atomic mass is 35.5. The van der Waals surface area contributed by atoms with Crippen LogP contribution in [0, 0.1) is 0 Å². The van der Waals surface area contributed by atoms with Gasteiger partial charge in [-0.1, -0.05) is 29.8 Å². The molecule has 0 amide bonds. The first-order chi connectivity index (χ1) is 7.74. The SMILES string of the molecule is NC1CCc2cc(-c3ccc(Cl)s3)ccc21. The second kappa shape index (κ2) is 3.88. The quantitative estimate of drug-likeness (QED) is 0.812. The van der Waals surface area contributed by atoms with Gasteiger partial charge in [-0.2, -0.15) is 0 Å². The number of hydrogen-bond donors (Lipinski definition) is 1. The lowest BCUT2D eigenvalue weighted by Gasteiger charge is -2.05. The van der Waals surface area contributed by atoms with Gasteiger partial charge in [-0.05, 0) is 41.7 Å². The van der Waals surface area contributed by atoms with E-state index in [1.165, 1.54) is 21.6 Å². The second-order valence-corrected chi connectivity index (χ2v) is 5.88. The van der Waals surface area contributed by atoms with Gasteiger partial charge in [0.15, 0.2) is 0 Å². The van der Waals surface area contributed by atoms with Crippen molar-refractivity contribution in [2.24, 2.45) is 5.73 Å². The maximum absolute atomic E-state index is 6.02. The lowest BCUT2D eigenvalue weighted by Crippen LogP contribution is -2.04. The molecule has 3 rings (SSSR count). The topological polar surface area (TPSA) is 26.0 Å². The summed E-state index contributed by atoms with van der Waals surface area (Å²) < 4.78 is 0.840. The molecule has 0 saturated carbocycles. The number of nitrogens with two attached hydrogens (primary N) is 1. The summed E-state index contributed by atoms with van der Waals surface area (Å²) in [6.45, 7) is 0.